The number of oxime groups is 1. The van der Waals surface area contributed by atoms with Crippen molar-refractivity contribution in [1.29, 1.82) is 0 Å². The Balaban J connectivity index is 1.02. The van der Waals surface area contributed by atoms with E-state index in [-0.39, 0.29) is 19.8 Å². The fraction of sp³-hybridized carbons (Fsp3) is 0.516. The van der Waals surface area contributed by atoms with Crippen LogP contribution in [0.4, 0.5) is 0 Å². The molecule has 1 amide bonds. The Hall–Kier alpha value is -4.17. The first kappa shape index (κ1) is 44.9. The van der Waals surface area contributed by atoms with Crippen molar-refractivity contribution < 1.29 is 86.1 Å². The zero-order valence-electron chi connectivity index (χ0n) is 30.1. The first-order chi connectivity index (χ1) is 27.3. The maximum absolute atomic E-state index is 12.6. The second kappa shape index (κ2) is 19.3. The minimum absolute atomic E-state index is 0.00183. The Labute approximate surface area is 325 Å². The molecular formula is C31H40N4O21P2. The van der Waals surface area contributed by atoms with E-state index in [2.05, 4.69) is 23.8 Å². The van der Waals surface area contributed by atoms with Gasteiger partial charge in [0, 0.05) is 36.3 Å². The summed E-state index contributed by atoms with van der Waals surface area (Å²) in [4.78, 5) is 74.3. The number of nitrogens with zero attached hydrogens (tertiary/aromatic N) is 2. The fourth-order valence-electron chi connectivity index (χ4n) is 5.55. The SMILES string of the molecule is Cc1cc(=O)oc2cc(OCC(=O)NCCCCON=C[C@H]3OC(OP(=O)(O)OP(=O)(O)OCC4OC(n5ccc(=O)[nH]c5=O)C(O)[C@H]4O)[C@H](O)[C@@H](O)[C@H]3O)ccc12. The Morgan fingerprint density at radius 3 is 2.47 bits per heavy atom. The van der Waals surface area contributed by atoms with Crippen LogP contribution in [0.3, 0.4) is 0 Å². The lowest BCUT2D eigenvalue weighted by Gasteiger charge is -2.38. The highest BCUT2D eigenvalue weighted by Crippen LogP contribution is 2.61. The molecule has 3 aromatic rings. The van der Waals surface area contributed by atoms with Gasteiger partial charge in [-0.25, -0.2) is 18.7 Å². The number of hydrogen-bond donors (Lipinski definition) is 9. The molecule has 1 aromatic carbocycles. The number of phosphoric acid groups is 2. The van der Waals surface area contributed by atoms with Gasteiger partial charge in [-0.3, -0.25) is 28.2 Å². The third kappa shape index (κ3) is 11.7. The second-order valence-electron chi connectivity index (χ2n) is 12.8. The van der Waals surface area contributed by atoms with Crippen LogP contribution in [0.5, 0.6) is 5.75 Å². The Bertz CT molecular complexity index is 2210. The fourth-order valence-corrected chi connectivity index (χ4v) is 7.71. The van der Waals surface area contributed by atoms with Crippen LogP contribution in [-0.4, -0.2) is 132 Å². The molecule has 0 aliphatic carbocycles. The second-order valence-corrected chi connectivity index (χ2v) is 15.8. The molecule has 320 valence electrons. The van der Waals surface area contributed by atoms with Crippen LogP contribution in [0.2, 0.25) is 0 Å². The molecule has 4 heterocycles. The van der Waals surface area contributed by atoms with Crippen molar-refractivity contribution in [1.82, 2.24) is 14.9 Å². The maximum Gasteiger partial charge on any atom is 0.483 e. The molecule has 25 nitrogen and oxygen atoms in total. The molecular weight excluding hydrogens is 826 g/mol. The van der Waals surface area contributed by atoms with Crippen LogP contribution in [0.1, 0.15) is 24.6 Å². The van der Waals surface area contributed by atoms with Crippen LogP contribution < -0.4 is 26.9 Å². The normalized spacial score (nSPS) is 28.2. The number of fused-ring (bicyclic) bond motifs is 1. The van der Waals surface area contributed by atoms with Gasteiger partial charge in [0.15, 0.2) is 19.1 Å². The quantitative estimate of drug-likeness (QED) is 0.0212. The number of nitrogens with one attached hydrogen (secondary N) is 2. The number of aliphatic hydroxyl groups excluding tert-OH is 5. The van der Waals surface area contributed by atoms with E-state index >= 15 is 0 Å². The predicted molar refractivity (Wildman–Crippen MR) is 191 cm³/mol. The number of aromatic nitrogens is 2. The minimum Gasteiger partial charge on any atom is -0.484 e. The van der Waals surface area contributed by atoms with Gasteiger partial charge in [0.25, 0.3) is 11.5 Å². The number of benzene rings is 1. The van der Waals surface area contributed by atoms with Gasteiger partial charge in [-0.05, 0) is 37.5 Å². The first-order valence-electron chi connectivity index (χ1n) is 17.2. The van der Waals surface area contributed by atoms with Gasteiger partial charge in [0.2, 0.25) is 0 Å². The van der Waals surface area contributed by atoms with E-state index in [9.17, 15) is 63.6 Å². The van der Waals surface area contributed by atoms with E-state index in [1.54, 1.807) is 19.1 Å². The summed E-state index contributed by atoms with van der Waals surface area (Å²) in [6.07, 6.45) is -14.3. The van der Waals surface area contributed by atoms with Crippen molar-refractivity contribution >= 4 is 38.7 Å². The highest BCUT2D eigenvalue weighted by Gasteiger charge is 2.49. The van der Waals surface area contributed by atoms with Crippen molar-refractivity contribution in [2.45, 2.75) is 75.0 Å². The summed E-state index contributed by atoms with van der Waals surface area (Å²) in [5.74, 6) is -0.0947. The molecule has 2 aliphatic rings. The smallest absolute Gasteiger partial charge is 0.483 e. The highest BCUT2D eigenvalue weighted by molar-refractivity contribution is 7.61. The number of hydrogen-bond acceptors (Lipinski definition) is 20. The number of unbranched alkanes of at least 4 members (excludes halogenated alkanes) is 1. The molecule has 27 heteroatoms. The Kier molecular flexibility index (Phi) is 14.9. The molecule has 0 bridgehead atoms. The lowest BCUT2D eigenvalue weighted by molar-refractivity contribution is -0.259. The molecule has 0 radical (unpaired) electrons. The molecule has 58 heavy (non-hydrogen) atoms. The van der Waals surface area contributed by atoms with Crippen LogP contribution >= 0.6 is 15.6 Å². The topological polar surface area (TPSA) is 367 Å². The summed E-state index contributed by atoms with van der Waals surface area (Å²) in [5.41, 5.74) is -1.23. The molecule has 0 saturated carbocycles. The molecule has 2 aromatic heterocycles. The number of aryl methyl sites for hydroxylation is 1. The lowest BCUT2D eigenvalue weighted by atomic mass is 10.00. The summed E-state index contributed by atoms with van der Waals surface area (Å²) in [5, 5.41) is 58.4. The van der Waals surface area contributed by atoms with E-state index < -0.39 is 100 Å². The standard InChI is InChI=1S/C31H40N4O21P2/c1-15-10-23(38)52-18-11-16(4-5-17(15)18)49-14-22(37)32-7-2-3-9-50-33-12-19-24(39)26(41)28(43)30(54-19)55-58(47,48)56-57(45,46)51-13-20-25(40)27(42)29(53-20)35-8-6-21(36)34-31(35)44/h4-6,8,10-12,19-20,24-30,39-43H,2-3,7,9,13-14H2,1H3,(H,32,37)(H,45,46)(H,47,48)(H,34,36,44)/t19-,20?,24+,25+,26+,27?,28-,29?,30?/m1/s1. The molecule has 2 saturated heterocycles. The Morgan fingerprint density at radius 1 is 0.966 bits per heavy atom. The molecule has 5 rings (SSSR count). The summed E-state index contributed by atoms with van der Waals surface area (Å²) < 4.78 is 60.4. The van der Waals surface area contributed by atoms with Crippen LogP contribution in [0.15, 0.2) is 60.5 Å². The highest BCUT2D eigenvalue weighted by atomic mass is 31.3. The summed E-state index contributed by atoms with van der Waals surface area (Å²) in [6.45, 7) is 0.638. The van der Waals surface area contributed by atoms with Crippen LogP contribution in [0.25, 0.3) is 11.0 Å². The summed E-state index contributed by atoms with van der Waals surface area (Å²) in [6, 6.07) is 7.14. The van der Waals surface area contributed by atoms with E-state index in [0.29, 0.717) is 28.7 Å². The van der Waals surface area contributed by atoms with Gasteiger partial charge in [0.05, 0.1) is 12.8 Å². The van der Waals surface area contributed by atoms with E-state index in [0.717, 1.165) is 29.4 Å². The average molecular weight is 867 g/mol. The third-order valence-electron chi connectivity index (χ3n) is 8.47. The molecule has 11 atom stereocenters. The largest absolute Gasteiger partial charge is 0.484 e. The van der Waals surface area contributed by atoms with Gasteiger partial charge in [-0.2, -0.15) is 4.31 Å². The number of aliphatic hydroxyl groups is 5. The van der Waals surface area contributed by atoms with Crippen LogP contribution in [0, 0.1) is 6.92 Å². The monoisotopic (exact) mass is 866 g/mol. The number of amides is 1. The zero-order chi connectivity index (χ0) is 42.4. The zero-order valence-corrected chi connectivity index (χ0v) is 31.9. The lowest BCUT2D eigenvalue weighted by Crippen LogP contribution is -2.58. The molecule has 6 unspecified atom stereocenters. The van der Waals surface area contributed by atoms with Crippen molar-refractivity contribution in [3.05, 3.63) is 73.4 Å². The number of H-pyrrole nitrogens is 1. The number of ether oxygens (including phenoxy) is 3. The number of carbonyl (C=O) groups is 1. The first-order valence-corrected chi connectivity index (χ1v) is 20.2. The van der Waals surface area contributed by atoms with Crippen LogP contribution in [-0.2, 0) is 41.6 Å². The third-order valence-corrected chi connectivity index (χ3v) is 11.1. The number of rotatable bonds is 18. The predicted octanol–water partition coefficient (Wildman–Crippen LogP) is -2.39. The molecule has 0 spiro atoms. The van der Waals surface area contributed by atoms with Crippen molar-refractivity contribution in [2.75, 3.05) is 26.4 Å². The molecule has 2 fully saturated rings. The molecule has 9 N–H and O–H groups in total. The Morgan fingerprint density at radius 2 is 1.72 bits per heavy atom. The van der Waals surface area contributed by atoms with E-state index in [4.69, 9.17) is 23.5 Å². The van der Waals surface area contributed by atoms with E-state index in [1.807, 2.05) is 4.98 Å². The number of aromatic amines is 1. The van der Waals surface area contributed by atoms with Gasteiger partial charge in [-0.15, -0.1) is 0 Å². The number of carbonyl (C=O) groups excluding carboxylic acids is 1. The maximum atomic E-state index is 12.6. The van der Waals surface area contributed by atoms with Gasteiger partial charge in [0.1, 0.15) is 60.7 Å². The van der Waals surface area contributed by atoms with E-state index in [1.165, 1.54) is 12.1 Å². The van der Waals surface area contributed by atoms with Crippen molar-refractivity contribution in [3.8, 4) is 5.75 Å². The van der Waals surface area contributed by atoms with Crippen molar-refractivity contribution in [2.24, 2.45) is 5.16 Å². The van der Waals surface area contributed by atoms with Crippen molar-refractivity contribution in [3.63, 3.8) is 0 Å². The number of phosphoric ester groups is 2. The average Bonchev–Trinajstić information content (AvgIpc) is 3.42. The molecule has 2 aliphatic heterocycles. The van der Waals surface area contributed by atoms with Gasteiger partial charge >= 0.3 is 27.0 Å². The van der Waals surface area contributed by atoms with Gasteiger partial charge in [-0.1, -0.05) is 5.16 Å². The summed E-state index contributed by atoms with van der Waals surface area (Å²) in [7, 11) is -11.3. The van der Waals surface area contributed by atoms with Gasteiger partial charge < -0.3 is 64.1 Å². The summed E-state index contributed by atoms with van der Waals surface area (Å²) >= 11 is 0. The minimum atomic E-state index is -5.72.